The van der Waals surface area contributed by atoms with Crippen molar-refractivity contribution in [3.05, 3.63) is 35.8 Å². The number of carboxylic acids is 1. The van der Waals surface area contributed by atoms with Crippen LogP contribution in [0.4, 0.5) is 4.39 Å². The van der Waals surface area contributed by atoms with E-state index in [1.807, 2.05) is 0 Å². The fourth-order valence-corrected chi connectivity index (χ4v) is 2.15. The third-order valence-electron chi connectivity index (χ3n) is 3.64. The molecule has 0 atom stereocenters. The maximum Gasteiger partial charge on any atom is 0.358 e. The lowest BCUT2D eigenvalue weighted by atomic mass is 9.86. The highest BCUT2D eigenvalue weighted by atomic mass is 19.1. The summed E-state index contributed by atoms with van der Waals surface area (Å²) >= 11 is 0. The fraction of sp³-hybridized carbons (Fsp3) is 0.333. The number of hydrogen-bond donors (Lipinski definition) is 1. The van der Waals surface area contributed by atoms with Gasteiger partial charge in [-0.1, -0.05) is 11.6 Å². The van der Waals surface area contributed by atoms with Crippen molar-refractivity contribution in [3.8, 4) is 17.1 Å². The molecule has 0 saturated heterocycles. The van der Waals surface area contributed by atoms with Gasteiger partial charge in [0.25, 0.3) is 0 Å². The first-order valence-corrected chi connectivity index (χ1v) is 6.76. The molecule has 1 heterocycles. The number of halogens is 1. The lowest BCUT2D eigenvalue weighted by molar-refractivity contribution is 0.0686. The average molecular weight is 291 g/mol. The average Bonchev–Trinajstić information content (AvgIpc) is 2.88. The van der Waals surface area contributed by atoms with Crippen molar-refractivity contribution in [1.29, 1.82) is 0 Å². The van der Waals surface area contributed by atoms with E-state index in [2.05, 4.69) is 5.16 Å². The van der Waals surface area contributed by atoms with Gasteiger partial charge < -0.3 is 14.4 Å². The van der Waals surface area contributed by atoms with Crippen LogP contribution in [0, 0.1) is 11.7 Å². The molecule has 110 valence electrons. The van der Waals surface area contributed by atoms with Gasteiger partial charge in [-0.05, 0) is 37.0 Å². The lowest BCUT2D eigenvalue weighted by Gasteiger charge is -2.25. The summed E-state index contributed by atoms with van der Waals surface area (Å²) < 4.78 is 24.3. The van der Waals surface area contributed by atoms with Crippen LogP contribution < -0.4 is 4.74 Å². The Morgan fingerprint density at radius 2 is 2.24 bits per heavy atom. The second-order valence-corrected chi connectivity index (χ2v) is 5.13. The highest BCUT2D eigenvalue weighted by molar-refractivity contribution is 5.86. The van der Waals surface area contributed by atoms with E-state index in [0.29, 0.717) is 18.1 Å². The molecule has 0 spiro atoms. The Morgan fingerprint density at radius 3 is 2.81 bits per heavy atom. The van der Waals surface area contributed by atoms with Crippen LogP contribution in [0.3, 0.4) is 0 Å². The SMILES string of the molecule is O=C(O)c1cc(-c2ccc(OCC3CCC3)c(F)c2)on1. The predicted molar refractivity (Wildman–Crippen MR) is 71.7 cm³/mol. The number of aromatic nitrogens is 1. The summed E-state index contributed by atoms with van der Waals surface area (Å²) in [5, 5.41) is 12.2. The van der Waals surface area contributed by atoms with Gasteiger partial charge >= 0.3 is 5.97 Å². The summed E-state index contributed by atoms with van der Waals surface area (Å²) in [6.07, 6.45) is 3.48. The Balaban J connectivity index is 1.74. The molecule has 1 aliphatic carbocycles. The second-order valence-electron chi connectivity index (χ2n) is 5.13. The summed E-state index contributed by atoms with van der Waals surface area (Å²) in [6.45, 7) is 0.530. The van der Waals surface area contributed by atoms with Crippen LogP contribution in [-0.4, -0.2) is 22.8 Å². The summed E-state index contributed by atoms with van der Waals surface area (Å²) in [6, 6.07) is 5.64. The first kappa shape index (κ1) is 13.6. The minimum Gasteiger partial charge on any atom is -0.490 e. The number of ether oxygens (including phenoxy) is 1. The quantitative estimate of drug-likeness (QED) is 0.914. The normalized spacial score (nSPS) is 14.7. The van der Waals surface area contributed by atoms with E-state index < -0.39 is 11.8 Å². The molecule has 0 amide bonds. The molecule has 0 bridgehead atoms. The molecule has 21 heavy (non-hydrogen) atoms. The Bertz CT molecular complexity index is 663. The van der Waals surface area contributed by atoms with Gasteiger partial charge in [0.1, 0.15) is 0 Å². The minimum absolute atomic E-state index is 0.198. The summed E-state index contributed by atoms with van der Waals surface area (Å²) in [5.41, 5.74) is 0.208. The summed E-state index contributed by atoms with van der Waals surface area (Å²) in [5.74, 6) is -0.761. The van der Waals surface area contributed by atoms with Crippen LogP contribution in [0.15, 0.2) is 28.8 Å². The molecule has 3 rings (SSSR count). The number of hydrogen-bond acceptors (Lipinski definition) is 4. The maximum atomic E-state index is 14.0. The van der Waals surface area contributed by atoms with Crippen molar-refractivity contribution in [2.75, 3.05) is 6.61 Å². The van der Waals surface area contributed by atoms with E-state index in [4.69, 9.17) is 14.4 Å². The minimum atomic E-state index is -1.19. The van der Waals surface area contributed by atoms with Crippen LogP contribution in [0.5, 0.6) is 5.75 Å². The molecule has 1 fully saturated rings. The van der Waals surface area contributed by atoms with Crippen molar-refractivity contribution < 1.29 is 23.6 Å². The highest BCUT2D eigenvalue weighted by Crippen LogP contribution is 2.29. The molecule has 6 heteroatoms. The van der Waals surface area contributed by atoms with Crippen LogP contribution in [0.1, 0.15) is 29.8 Å². The van der Waals surface area contributed by atoms with E-state index in [1.165, 1.54) is 24.6 Å². The number of aromatic carboxylic acids is 1. The number of nitrogens with zero attached hydrogens (tertiary/aromatic N) is 1. The standard InChI is InChI=1S/C15H14FNO4/c16-11-6-10(14-7-12(15(18)19)17-21-14)4-5-13(11)20-8-9-2-1-3-9/h4-7,9H,1-3,8H2,(H,18,19). The third-order valence-corrected chi connectivity index (χ3v) is 3.64. The van der Waals surface area contributed by atoms with Crippen LogP contribution in [0.2, 0.25) is 0 Å². The van der Waals surface area contributed by atoms with Crippen molar-refractivity contribution in [2.45, 2.75) is 19.3 Å². The summed E-state index contributed by atoms with van der Waals surface area (Å²) in [7, 11) is 0. The highest BCUT2D eigenvalue weighted by Gasteiger charge is 2.19. The first-order valence-electron chi connectivity index (χ1n) is 6.76. The third kappa shape index (κ3) is 2.89. The van der Waals surface area contributed by atoms with Crippen molar-refractivity contribution in [1.82, 2.24) is 5.16 Å². The van der Waals surface area contributed by atoms with Gasteiger partial charge in [-0.25, -0.2) is 9.18 Å². The second kappa shape index (κ2) is 5.55. The largest absolute Gasteiger partial charge is 0.490 e. The van der Waals surface area contributed by atoms with Gasteiger partial charge in [-0.2, -0.15) is 0 Å². The summed E-state index contributed by atoms with van der Waals surface area (Å²) in [4.78, 5) is 10.7. The molecule has 0 aliphatic heterocycles. The van der Waals surface area contributed by atoms with Gasteiger partial charge in [0, 0.05) is 11.6 Å². The van der Waals surface area contributed by atoms with Crippen LogP contribution in [0.25, 0.3) is 11.3 Å². The lowest BCUT2D eigenvalue weighted by Crippen LogP contribution is -2.19. The Kier molecular flexibility index (Phi) is 3.60. The number of carboxylic acid groups (broad SMARTS) is 1. The van der Waals surface area contributed by atoms with E-state index in [0.717, 1.165) is 12.8 Å². The number of rotatable bonds is 5. The molecule has 2 aromatic rings. The molecule has 1 N–H and O–H groups in total. The smallest absolute Gasteiger partial charge is 0.358 e. The molecule has 1 aromatic heterocycles. The molecule has 1 aromatic carbocycles. The van der Waals surface area contributed by atoms with E-state index in [9.17, 15) is 9.18 Å². The number of benzene rings is 1. The van der Waals surface area contributed by atoms with E-state index in [1.54, 1.807) is 6.07 Å². The molecular weight excluding hydrogens is 277 g/mol. The van der Waals surface area contributed by atoms with Crippen LogP contribution >= 0.6 is 0 Å². The zero-order valence-electron chi connectivity index (χ0n) is 11.2. The van der Waals surface area contributed by atoms with Gasteiger partial charge in [0.05, 0.1) is 6.61 Å². The zero-order chi connectivity index (χ0) is 14.8. The molecule has 1 saturated carbocycles. The van der Waals surface area contributed by atoms with Gasteiger partial charge in [0.2, 0.25) is 0 Å². The molecule has 1 aliphatic rings. The van der Waals surface area contributed by atoms with Gasteiger partial charge in [-0.15, -0.1) is 0 Å². The maximum absolute atomic E-state index is 14.0. The topological polar surface area (TPSA) is 72.6 Å². The first-order chi connectivity index (χ1) is 10.1. The monoisotopic (exact) mass is 291 g/mol. The number of carbonyl (C=O) groups is 1. The van der Waals surface area contributed by atoms with Crippen molar-refractivity contribution in [3.63, 3.8) is 0 Å². The Labute approximate surface area is 120 Å². The molecule has 0 radical (unpaired) electrons. The molecule has 0 unspecified atom stereocenters. The predicted octanol–water partition coefficient (Wildman–Crippen LogP) is 3.36. The van der Waals surface area contributed by atoms with Crippen molar-refractivity contribution >= 4 is 5.97 Å². The van der Waals surface area contributed by atoms with E-state index in [-0.39, 0.29) is 17.2 Å². The van der Waals surface area contributed by atoms with Gasteiger partial charge in [-0.3, -0.25) is 0 Å². The molecular formula is C15H14FNO4. The molecule has 5 nitrogen and oxygen atoms in total. The fourth-order valence-electron chi connectivity index (χ4n) is 2.15. The van der Waals surface area contributed by atoms with Crippen molar-refractivity contribution in [2.24, 2.45) is 5.92 Å². The zero-order valence-corrected chi connectivity index (χ0v) is 11.2. The Hall–Kier alpha value is -2.37. The van der Waals surface area contributed by atoms with E-state index >= 15 is 0 Å². The van der Waals surface area contributed by atoms with Gasteiger partial charge in [0.15, 0.2) is 23.0 Å². The Morgan fingerprint density at radius 1 is 1.43 bits per heavy atom. The van der Waals surface area contributed by atoms with Crippen LogP contribution in [-0.2, 0) is 0 Å².